The number of nitrogens with zero attached hydrogens (tertiary/aromatic N) is 2. The van der Waals surface area contributed by atoms with Crippen LogP contribution in [0.2, 0.25) is 0 Å². The molecule has 8 nitrogen and oxygen atoms in total. The zero-order valence-corrected chi connectivity index (χ0v) is 13.6. The number of halogens is 3. The molecule has 26 heavy (non-hydrogen) atoms. The minimum Gasteiger partial charge on any atom is -0.374 e. The highest BCUT2D eigenvalue weighted by Gasteiger charge is 2.58. The molecule has 1 saturated heterocycles. The Kier molecular flexibility index (Phi) is 4.32. The second-order valence-corrected chi connectivity index (χ2v) is 6.53. The number of para-hydroxylation sites is 1. The number of aromatic nitrogens is 1. The number of rotatable bonds is 4. The number of hydrazine groups is 1. The smallest absolute Gasteiger partial charge is 0.374 e. The highest BCUT2D eigenvalue weighted by Crippen LogP contribution is 2.44. The predicted octanol–water partition coefficient (Wildman–Crippen LogP) is 1.02. The van der Waals surface area contributed by atoms with Crippen LogP contribution in [0.25, 0.3) is 10.2 Å². The molecule has 2 heterocycles. The van der Waals surface area contributed by atoms with Gasteiger partial charge in [-0.2, -0.15) is 13.2 Å². The van der Waals surface area contributed by atoms with Gasteiger partial charge in [-0.05, 0) is 12.1 Å². The summed E-state index contributed by atoms with van der Waals surface area (Å²) in [6.07, 6.45) is -6.62. The van der Waals surface area contributed by atoms with E-state index < -0.39 is 47.6 Å². The summed E-state index contributed by atoms with van der Waals surface area (Å²) in [7, 11) is 0. The van der Waals surface area contributed by atoms with Crippen molar-refractivity contribution in [1.82, 2.24) is 20.7 Å². The van der Waals surface area contributed by atoms with Gasteiger partial charge in [-0.3, -0.25) is 20.3 Å². The van der Waals surface area contributed by atoms with Crippen molar-refractivity contribution in [3.05, 3.63) is 29.3 Å². The van der Waals surface area contributed by atoms with Crippen molar-refractivity contribution in [2.45, 2.75) is 18.2 Å². The molecule has 1 aliphatic heterocycles. The van der Waals surface area contributed by atoms with Gasteiger partial charge >= 0.3 is 12.2 Å². The molecule has 1 aromatic heterocycles. The van der Waals surface area contributed by atoms with Crippen molar-refractivity contribution < 1.29 is 32.7 Å². The maximum Gasteiger partial charge on any atom is 0.424 e. The Hall–Kier alpha value is -2.73. The fourth-order valence-electron chi connectivity index (χ4n) is 2.30. The van der Waals surface area contributed by atoms with Gasteiger partial charge in [-0.15, -0.1) is 11.3 Å². The van der Waals surface area contributed by atoms with Crippen LogP contribution in [0.15, 0.2) is 24.3 Å². The third-order valence-corrected chi connectivity index (χ3v) is 4.77. The molecule has 1 fully saturated rings. The SMILES string of the molecule is O=C1CN(NC(=O)CC(O)(c2nc3ccccc3s2)C(F)(F)F)C(=O)N1. The standard InChI is InChI=1S/C14H11F3N4O4S/c15-14(16,17)13(25,11-18-7-3-1-2-4-8(7)26-11)5-9(22)20-21-6-10(23)19-12(21)24/h1-4,25H,5-6H2,(H,20,22)(H,19,23,24). The molecule has 138 valence electrons. The number of nitrogens with one attached hydrogen (secondary N) is 2. The summed E-state index contributed by atoms with van der Waals surface area (Å²) in [4.78, 5) is 38.2. The first-order chi connectivity index (χ1) is 12.1. The Labute approximate surface area is 147 Å². The topological polar surface area (TPSA) is 112 Å². The molecule has 2 aromatic rings. The normalized spacial score (nSPS) is 17.3. The lowest BCUT2D eigenvalue weighted by Crippen LogP contribution is -2.50. The summed E-state index contributed by atoms with van der Waals surface area (Å²) in [5.41, 5.74) is -1.42. The van der Waals surface area contributed by atoms with Crippen molar-refractivity contribution in [2.75, 3.05) is 6.54 Å². The number of fused-ring (bicyclic) bond motifs is 1. The highest BCUT2D eigenvalue weighted by atomic mass is 32.1. The first-order valence-corrected chi connectivity index (χ1v) is 7.98. The summed E-state index contributed by atoms with van der Waals surface area (Å²) in [6.45, 7) is -0.532. The zero-order chi connectivity index (χ0) is 19.1. The molecule has 1 aromatic carbocycles. The molecule has 1 atom stereocenters. The van der Waals surface area contributed by atoms with Crippen LogP contribution >= 0.6 is 11.3 Å². The number of carbonyl (C=O) groups is 3. The lowest BCUT2D eigenvalue weighted by Gasteiger charge is -2.28. The molecule has 12 heteroatoms. The number of imide groups is 1. The van der Waals surface area contributed by atoms with Gasteiger partial charge in [0.1, 0.15) is 11.6 Å². The van der Waals surface area contributed by atoms with Gasteiger partial charge in [-0.1, -0.05) is 12.1 Å². The lowest BCUT2D eigenvalue weighted by atomic mass is 9.99. The molecular weight excluding hydrogens is 377 g/mol. The number of amides is 4. The number of hydrogen-bond acceptors (Lipinski definition) is 6. The minimum absolute atomic E-state index is 0.250. The average molecular weight is 388 g/mol. The average Bonchev–Trinajstić information content (AvgIpc) is 3.09. The molecule has 1 aliphatic rings. The zero-order valence-electron chi connectivity index (χ0n) is 12.8. The Morgan fingerprint density at radius 1 is 1.35 bits per heavy atom. The van der Waals surface area contributed by atoms with Gasteiger partial charge in [0.25, 0.3) is 0 Å². The molecule has 0 spiro atoms. The summed E-state index contributed by atoms with van der Waals surface area (Å²) in [5.74, 6) is -2.01. The number of alkyl halides is 3. The van der Waals surface area contributed by atoms with Gasteiger partial charge in [0.2, 0.25) is 17.4 Å². The van der Waals surface area contributed by atoms with Crippen LogP contribution in [-0.2, 0) is 15.2 Å². The van der Waals surface area contributed by atoms with Gasteiger partial charge in [0.05, 0.1) is 16.6 Å². The molecular formula is C14H11F3N4O4S. The first kappa shape index (κ1) is 18.1. The molecule has 1 unspecified atom stereocenters. The van der Waals surface area contributed by atoms with Crippen molar-refractivity contribution in [3.8, 4) is 0 Å². The summed E-state index contributed by atoms with van der Waals surface area (Å²) < 4.78 is 41.0. The van der Waals surface area contributed by atoms with E-state index in [9.17, 15) is 32.7 Å². The Morgan fingerprint density at radius 3 is 2.62 bits per heavy atom. The van der Waals surface area contributed by atoms with Crippen molar-refractivity contribution in [1.29, 1.82) is 0 Å². The van der Waals surface area contributed by atoms with Gasteiger partial charge < -0.3 is 5.11 Å². The third kappa shape index (κ3) is 3.20. The molecule has 3 rings (SSSR count). The van der Waals surface area contributed by atoms with E-state index in [2.05, 4.69) is 4.98 Å². The molecule has 3 N–H and O–H groups in total. The number of benzene rings is 1. The van der Waals surface area contributed by atoms with Crippen LogP contribution in [-0.4, -0.2) is 45.7 Å². The largest absolute Gasteiger partial charge is 0.424 e. The quantitative estimate of drug-likeness (QED) is 0.677. The van der Waals surface area contributed by atoms with Crippen molar-refractivity contribution in [3.63, 3.8) is 0 Å². The predicted molar refractivity (Wildman–Crippen MR) is 82.6 cm³/mol. The molecule has 4 amide bonds. The number of carbonyl (C=O) groups excluding carboxylic acids is 3. The number of thiazole rings is 1. The summed E-state index contributed by atoms with van der Waals surface area (Å²) in [5, 5.41) is 11.9. The second kappa shape index (κ2) is 6.21. The van der Waals surface area contributed by atoms with Crippen LogP contribution in [0.3, 0.4) is 0 Å². The second-order valence-electron chi connectivity index (χ2n) is 5.50. The third-order valence-electron chi connectivity index (χ3n) is 3.59. The molecule has 0 radical (unpaired) electrons. The first-order valence-electron chi connectivity index (χ1n) is 7.16. The van der Waals surface area contributed by atoms with Gasteiger partial charge in [-0.25, -0.2) is 14.8 Å². The van der Waals surface area contributed by atoms with E-state index in [4.69, 9.17) is 0 Å². The Bertz CT molecular complexity index is 867. The van der Waals surface area contributed by atoms with Gasteiger partial charge in [0.15, 0.2) is 0 Å². The van der Waals surface area contributed by atoms with E-state index in [-0.39, 0.29) is 5.52 Å². The van der Waals surface area contributed by atoms with Crippen LogP contribution in [0.5, 0.6) is 0 Å². The van der Waals surface area contributed by atoms with E-state index in [1.165, 1.54) is 12.1 Å². The fraction of sp³-hybridized carbons (Fsp3) is 0.286. The summed E-state index contributed by atoms with van der Waals surface area (Å²) in [6, 6.07) is 5.22. The molecule has 0 saturated carbocycles. The monoisotopic (exact) mass is 388 g/mol. The maximum absolute atomic E-state index is 13.5. The van der Waals surface area contributed by atoms with Crippen LogP contribution in [0.4, 0.5) is 18.0 Å². The number of aliphatic hydroxyl groups is 1. The molecule has 0 bridgehead atoms. The minimum atomic E-state index is -5.19. The summed E-state index contributed by atoms with van der Waals surface area (Å²) >= 11 is 0.609. The van der Waals surface area contributed by atoms with Gasteiger partial charge in [0, 0.05) is 0 Å². The van der Waals surface area contributed by atoms with Crippen molar-refractivity contribution in [2.24, 2.45) is 0 Å². The van der Waals surface area contributed by atoms with Crippen molar-refractivity contribution >= 4 is 39.4 Å². The lowest BCUT2D eigenvalue weighted by molar-refractivity contribution is -0.267. The highest BCUT2D eigenvalue weighted by molar-refractivity contribution is 7.18. The molecule has 0 aliphatic carbocycles. The Balaban J connectivity index is 1.87. The Morgan fingerprint density at radius 2 is 2.04 bits per heavy atom. The number of hydrogen-bond donors (Lipinski definition) is 3. The fourth-order valence-corrected chi connectivity index (χ4v) is 3.37. The van der Waals surface area contributed by atoms with Crippen LogP contribution in [0.1, 0.15) is 11.4 Å². The van der Waals surface area contributed by atoms with E-state index in [0.717, 1.165) is 0 Å². The van der Waals surface area contributed by atoms with E-state index in [1.54, 1.807) is 12.1 Å². The van der Waals surface area contributed by atoms with E-state index in [1.807, 2.05) is 10.7 Å². The van der Waals surface area contributed by atoms with Crippen LogP contribution in [0, 0.1) is 0 Å². The van der Waals surface area contributed by atoms with E-state index >= 15 is 0 Å². The van der Waals surface area contributed by atoms with Crippen LogP contribution < -0.4 is 10.7 Å². The number of urea groups is 1. The van der Waals surface area contributed by atoms with E-state index in [0.29, 0.717) is 21.0 Å². The maximum atomic E-state index is 13.5.